The lowest BCUT2D eigenvalue weighted by Crippen LogP contribution is -2.64. The third kappa shape index (κ3) is 29.6. The highest BCUT2D eigenvalue weighted by Gasteiger charge is 2.51. The average Bonchev–Trinajstić information content (AvgIpc) is 3.25. The molecule has 0 aromatic carbocycles. The highest BCUT2D eigenvalue weighted by Crippen LogP contribution is 2.47. The predicted molar refractivity (Wildman–Crippen MR) is 244 cm³/mol. The van der Waals surface area contributed by atoms with E-state index in [2.05, 4.69) is 62.5 Å². The largest absolute Gasteiger partial charge is 0.472 e. The molecule has 1 fully saturated rings. The first-order chi connectivity index (χ1) is 29.9. The van der Waals surface area contributed by atoms with E-state index >= 15 is 0 Å². The van der Waals surface area contributed by atoms with Crippen LogP contribution >= 0.6 is 7.82 Å². The maximum absolute atomic E-state index is 12.8. The molecule has 7 unspecified atom stereocenters. The van der Waals surface area contributed by atoms with Crippen molar-refractivity contribution in [2.45, 2.75) is 204 Å². The van der Waals surface area contributed by atoms with E-state index in [1.54, 1.807) is 0 Å². The van der Waals surface area contributed by atoms with Gasteiger partial charge in [0.05, 0.1) is 6.61 Å². The van der Waals surface area contributed by atoms with Crippen LogP contribution in [0.1, 0.15) is 162 Å². The second-order valence-corrected chi connectivity index (χ2v) is 17.3. The lowest BCUT2D eigenvalue weighted by atomic mass is 9.85. The number of rotatable bonds is 37. The van der Waals surface area contributed by atoms with Crippen LogP contribution in [0.4, 0.5) is 0 Å². The van der Waals surface area contributed by atoms with Crippen LogP contribution in [-0.2, 0) is 32.7 Å². The zero-order valence-corrected chi connectivity index (χ0v) is 38.5. The van der Waals surface area contributed by atoms with Crippen molar-refractivity contribution in [3.8, 4) is 0 Å². The Labute approximate surface area is 372 Å². The van der Waals surface area contributed by atoms with Crippen molar-refractivity contribution in [1.82, 2.24) is 0 Å². The molecule has 13 nitrogen and oxygen atoms in total. The molecule has 356 valence electrons. The topological polar surface area (TPSA) is 210 Å². The fourth-order valence-electron chi connectivity index (χ4n) is 6.65. The van der Waals surface area contributed by atoms with Gasteiger partial charge in [-0.15, -0.1) is 0 Å². The van der Waals surface area contributed by atoms with Crippen molar-refractivity contribution < 1.29 is 63.1 Å². The molecular weight excluding hydrogens is 815 g/mol. The number of allylic oxidation sites excluding steroid dienone is 12. The lowest BCUT2D eigenvalue weighted by molar-refractivity contribution is -0.220. The molecule has 1 aliphatic rings. The summed E-state index contributed by atoms with van der Waals surface area (Å²) in [5, 5.41) is 50.1. The number of aliphatic hydroxyl groups is 5. The first kappa shape index (κ1) is 57.3. The molecule has 0 aromatic rings. The normalized spacial score (nSPS) is 22.5. The number of unbranched alkanes of at least 4 members (excludes halogenated alkanes) is 15. The van der Waals surface area contributed by atoms with Crippen LogP contribution in [0.25, 0.3) is 0 Å². The van der Waals surface area contributed by atoms with E-state index in [1.165, 1.54) is 32.1 Å². The van der Waals surface area contributed by atoms with Gasteiger partial charge in [-0.05, 0) is 64.2 Å². The zero-order chi connectivity index (χ0) is 45.7. The molecule has 0 radical (unpaired) electrons. The Morgan fingerprint density at radius 3 is 1.50 bits per heavy atom. The number of aliphatic hydroxyl groups excluding tert-OH is 5. The van der Waals surface area contributed by atoms with Crippen LogP contribution in [-0.4, -0.2) is 98.3 Å². The highest BCUT2D eigenvalue weighted by atomic mass is 31.2. The minimum Gasteiger partial charge on any atom is -0.462 e. The van der Waals surface area contributed by atoms with Gasteiger partial charge in [-0.25, -0.2) is 4.57 Å². The molecule has 0 aliphatic heterocycles. The van der Waals surface area contributed by atoms with Gasteiger partial charge >= 0.3 is 19.8 Å². The Morgan fingerprint density at radius 1 is 0.516 bits per heavy atom. The van der Waals surface area contributed by atoms with Crippen molar-refractivity contribution in [2.24, 2.45) is 0 Å². The third-order valence-corrected chi connectivity index (χ3v) is 11.3. The Balaban J connectivity index is 2.43. The molecule has 8 atom stereocenters. The highest BCUT2D eigenvalue weighted by molar-refractivity contribution is 7.47. The van der Waals surface area contributed by atoms with Crippen LogP contribution in [0.2, 0.25) is 0 Å². The Hall–Kier alpha value is -2.71. The predicted octanol–water partition coefficient (Wildman–Crippen LogP) is 9.11. The second kappa shape index (κ2) is 37.6. The zero-order valence-electron chi connectivity index (χ0n) is 37.6. The minimum atomic E-state index is -5.13. The van der Waals surface area contributed by atoms with E-state index < -0.39 is 75.7 Å². The van der Waals surface area contributed by atoms with E-state index in [9.17, 15) is 44.6 Å². The van der Waals surface area contributed by atoms with Gasteiger partial charge < -0.3 is 39.9 Å². The smallest absolute Gasteiger partial charge is 0.462 e. The molecule has 62 heavy (non-hydrogen) atoms. The SMILES string of the molecule is CC/C=C/C=C/C=C/CCCCCCCC(=O)OC(COC(=O)CCCCCCCCCCCC/C=C/C/C=C/C/C=C/CC)COP(=O)(O)OC1C(O)C(O)C(O)[C@H](O)C1O. The van der Waals surface area contributed by atoms with E-state index in [0.717, 1.165) is 89.9 Å². The number of phosphoric ester groups is 1. The standard InChI is InChI=1S/C48H81O13P/c1-3-5-7-9-11-13-15-17-18-19-20-21-22-23-25-26-28-30-32-34-36-41(49)58-38-40(39-59-62(56,57)61-48-46(54)44(52)43(51)45(53)47(48)55)60-42(50)37-35-33-31-29-27-24-16-14-12-10-8-6-4-2/h5-8,10-14,16-18,40,43-48,51-55H,3-4,9,15,19-39H2,1-2H3,(H,56,57)/b7-5+,8-6+,12-10+,13-11+,16-14+,18-17+/t40?,43?,44-,45?,46?,47?,48?/m0/s1. The van der Waals surface area contributed by atoms with Crippen LogP contribution < -0.4 is 0 Å². The van der Waals surface area contributed by atoms with E-state index in [0.29, 0.717) is 12.8 Å². The van der Waals surface area contributed by atoms with Gasteiger partial charge in [0.2, 0.25) is 0 Å². The van der Waals surface area contributed by atoms with Crippen LogP contribution in [0.3, 0.4) is 0 Å². The van der Waals surface area contributed by atoms with Crippen LogP contribution in [0, 0.1) is 0 Å². The van der Waals surface area contributed by atoms with Crippen LogP contribution in [0.5, 0.6) is 0 Å². The summed E-state index contributed by atoms with van der Waals surface area (Å²) in [5.74, 6) is -1.13. The molecule has 6 N–H and O–H groups in total. The average molecular weight is 897 g/mol. The van der Waals surface area contributed by atoms with Gasteiger partial charge in [-0.2, -0.15) is 0 Å². The lowest BCUT2D eigenvalue weighted by Gasteiger charge is -2.41. The molecule has 1 aliphatic carbocycles. The number of carbonyl (C=O) groups is 2. The molecule has 1 rings (SSSR count). The molecule has 0 bridgehead atoms. The van der Waals surface area contributed by atoms with Crippen molar-refractivity contribution in [2.75, 3.05) is 13.2 Å². The summed E-state index contributed by atoms with van der Waals surface area (Å²) in [6, 6.07) is 0. The summed E-state index contributed by atoms with van der Waals surface area (Å²) in [6.07, 6.45) is 33.9. The number of esters is 2. The second-order valence-electron chi connectivity index (χ2n) is 15.9. The number of hydrogen-bond acceptors (Lipinski definition) is 12. The summed E-state index contributed by atoms with van der Waals surface area (Å²) in [7, 11) is -5.13. The Kier molecular flexibility index (Phi) is 34.8. The quantitative estimate of drug-likeness (QED) is 0.0113. The van der Waals surface area contributed by atoms with E-state index in [4.69, 9.17) is 18.5 Å². The van der Waals surface area contributed by atoms with Gasteiger partial charge in [0.25, 0.3) is 0 Å². The van der Waals surface area contributed by atoms with Crippen molar-refractivity contribution >= 4 is 19.8 Å². The molecule has 0 heterocycles. The molecule has 14 heteroatoms. The Morgan fingerprint density at radius 2 is 0.952 bits per heavy atom. The van der Waals surface area contributed by atoms with Crippen LogP contribution in [0.15, 0.2) is 72.9 Å². The fourth-order valence-corrected chi connectivity index (χ4v) is 7.63. The van der Waals surface area contributed by atoms with Gasteiger partial charge in [0.1, 0.15) is 43.2 Å². The molecule has 0 spiro atoms. The van der Waals surface area contributed by atoms with Gasteiger partial charge in [0.15, 0.2) is 6.10 Å². The number of ether oxygens (including phenoxy) is 2. The van der Waals surface area contributed by atoms with Crippen molar-refractivity contribution in [3.05, 3.63) is 72.9 Å². The molecule has 0 amide bonds. The molecular formula is C48H81O13P. The summed E-state index contributed by atoms with van der Waals surface area (Å²) < 4.78 is 33.5. The van der Waals surface area contributed by atoms with Gasteiger partial charge in [-0.1, -0.05) is 157 Å². The summed E-state index contributed by atoms with van der Waals surface area (Å²) in [5.41, 5.74) is 0. The maximum atomic E-state index is 12.8. The fraction of sp³-hybridized carbons (Fsp3) is 0.708. The molecule has 0 aromatic heterocycles. The third-order valence-electron chi connectivity index (χ3n) is 10.4. The molecule has 1 saturated carbocycles. The van der Waals surface area contributed by atoms with Crippen molar-refractivity contribution in [1.29, 1.82) is 0 Å². The first-order valence-corrected chi connectivity index (χ1v) is 24.8. The number of carbonyl (C=O) groups excluding carboxylic acids is 2. The van der Waals surface area contributed by atoms with E-state index in [-0.39, 0.29) is 12.8 Å². The maximum Gasteiger partial charge on any atom is 0.472 e. The monoisotopic (exact) mass is 897 g/mol. The van der Waals surface area contributed by atoms with Gasteiger partial charge in [0, 0.05) is 12.8 Å². The summed E-state index contributed by atoms with van der Waals surface area (Å²) in [6.45, 7) is 3.03. The van der Waals surface area contributed by atoms with Gasteiger partial charge in [-0.3, -0.25) is 18.6 Å². The number of phosphoric acid groups is 1. The number of hydrogen-bond donors (Lipinski definition) is 6. The minimum absolute atomic E-state index is 0.0694. The van der Waals surface area contributed by atoms with Crippen molar-refractivity contribution in [3.63, 3.8) is 0 Å². The molecule has 0 saturated heterocycles. The summed E-state index contributed by atoms with van der Waals surface area (Å²) in [4.78, 5) is 35.7. The summed E-state index contributed by atoms with van der Waals surface area (Å²) >= 11 is 0. The van der Waals surface area contributed by atoms with E-state index in [1.807, 2.05) is 24.3 Å². The first-order valence-electron chi connectivity index (χ1n) is 23.3. The Bertz CT molecular complexity index is 1360.